The molecule has 0 amide bonds. The molecule has 2 aromatic carbocycles. The smallest absolute Gasteiger partial charge is 0.276 e. The van der Waals surface area contributed by atoms with Crippen LogP contribution in [0.5, 0.6) is 5.75 Å². The Hall–Kier alpha value is -2.58. The lowest BCUT2D eigenvalue weighted by Crippen LogP contribution is -2.36. The van der Waals surface area contributed by atoms with Crippen LogP contribution in [0.25, 0.3) is 0 Å². The summed E-state index contributed by atoms with van der Waals surface area (Å²) in [6, 6.07) is 14.1. The van der Waals surface area contributed by atoms with Gasteiger partial charge in [0.25, 0.3) is 10.0 Å². The van der Waals surface area contributed by atoms with Crippen molar-refractivity contribution in [3.05, 3.63) is 54.1 Å². The Kier molecular flexibility index (Phi) is 6.53. The summed E-state index contributed by atoms with van der Waals surface area (Å²) in [5.74, 6) is 0.626. The highest BCUT2D eigenvalue weighted by Gasteiger charge is 2.14. The summed E-state index contributed by atoms with van der Waals surface area (Å²) in [5, 5.41) is 4.06. The molecule has 0 aromatic heterocycles. The van der Waals surface area contributed by atoms with Gasteiger partial charge in [-0.3, -0.25) is 0 Å². The first-order valence-electron chi connectivity index (χ1n) is 9.21. The maximum absolute atomic E-state index is 12.4. The molecule has 0 bridgehead atoms. The third-order valence-electron chi connectivity index (χ3n) is 4.44. The molecule has 2 aromatic rings. The summed E-state index contributed by atoms with van der Waals surface area (Å²) >= 11 is 0. The van der Waals surface area contributed by atoms with Crippen LogP contribution >= 0.6 is 0 Å². The lowest BCUT2D eigenvalue weighted by atomic mass is 10.1. The van der Waals surface area contributed by atoms with Crippen LogP contribution < -0.4 is 14.5 Å². The Labute approximate surface area is 166 Å². The number of morpholine rings is 1. The molecule has 1 aliphatic rings. The lowest BCUT2D eigenvalue weighted by Gasteiger charge is -2.28. The van der Waals surface area contributed by atoms with Gasteiger partial charge in [0.05, 0.1) is 30.4 Å². The van der Waals surface area contributed by atoms with Crippen molar-refractivity contribution >= 4 is 21.4 Å². The van der Waals surface area contributed by atoms with E-state index in [1.165, 1.54) is 12.1 Å². The van der Waals surface area contributed by atoms with Gasteiger partial charge >= 0.3 is 0 Å². The summed E-state index contributed by atoms with van der Waals surface area (Å²) in [5.41, 5.74) is 2.56. The van der Waals surface area contributed by atoms with Crippen molar-refractivity contribution < 1.29 is 17.9 Å². The van der Waals surface area contributed by atoms with Crippen molar-refractivity contribution in [1.29, 1.82) is 0 Å². The van der Waals surface area contributed by atoms with Crippen LogP contribution in [-0.2, 0) is 14.8 Å². The molecule has 0 spiro atoms. The number of rotatable bonds is 7. The Morgan fingerprint density at radius 2 is 1.75 bits per heavy atom. The molecule has 0 aliphatic carbocycles. The van der Waals surface area contributed by atoms with Crippen molar-refractivity contribution in [3.63, 3.8) is 0 Å². The summed E-state index contributed by atoms with van der Waals surface area (Å²) in [6.45, 7) is 7.37. The molecular weight excluding hydrogens is 378 g/mol. The second-order valence-corrected chi connectivity index (χ2v) is 8.00. The zero-order valence-corrected chi connectivity index (χ0v) is 16.9. The molecule has 150 valence electrons. The minimum Gasteiger partial charge on any atom is -0.494 e. The summed E-state index contributed by atoms with van der Waals surface area (Å²) in [6.07, 6.45) is 0. The molecule has 0 unspecified atom stereocenters. The standard InChI is InChI=1S/C20H25N3O4S/c1-3-27-19-8-10-20(11-9-19)28(24,25)22-21-16(2)17-4-6-18(7-5-17)23-12-14-26-15-13-23/h4-11,22H,3,12-15H2,1-2H3/b21-16-. The van der Waals surface area contributed by atoms with Gasteiger partial charge in [-0.2, -0.15) is 18.4 Å². The van der Waals surface area contributed by atoms with Gasteiger partial charge in [0.2, 0.25) is 0 Å². The minimum absolute atomic E-state index is 0.134. The number of nitrogens with one attached hydrogen (secondary N) is 1. The van der Waals surface area contributed by atoms with Gasteiger partial charge in [-0.05, 0) is 55.8 Å². The van der Waals surface area contributed by atoms with Crippen LogP contribution in [0.1, 0.15) is 19.4 Å². The van der Waals surface area contributed by atoms with Crippen molar-refractivity contribution in [2.75, 3.05) is 37.8 Å². The first-order valence-corrected chi connectivity index (χ1v) is 10.7. The second-order valence-electron chi connectivity index (χ2n) is 6.34. The highest BCUT2D eigenvalue weighted by atomic mass is 32.2. The molecule has 1 saturated heterocycles. The van der Waals surface area contributed by atoms with Crippen molar-refractivity contribution in [1.82, 2.24) is 4.83 Å². The Balaban J connectivity index is 1.67. The van der Waals surface area contributed by atoms with Gasteiger partial charge in [0.1, 0.15) is 5.75 Å². The highest BCUT2D eigenvalue weighted by Crippen LogP contribution is 2.18. The predicted octanol–water partition coefficient (Wildman–Crippen LogP) is 2.62. The monoisotopic (exact) mass is 403 g/mol. The average molecular weight is 404 g/mol. The third-order valence-corrected chi connectivity index (χ3v) is 5.66. The lowest BCUT2D eigenvalue weighted by molar-refractivity contribution is 0.122. The zero-order chi connectivity index (χ0) is 20.0. The molecule has 1 aliphatic heterocycles. The number of nitrogens with zero attached hydrogens (tertiary/aromatic N) is 2. The van der Waals surface area contributed by atoms with E-state index < -0.39 is 10.0 Å². The SMILES string of the molecule is CCOc1ccc(S(=O)(=O)N/N=C(/C)c2ccc(N3CCOCC3)cc2)cc1. The van der Waals surface area contributed by atoms with E-state index in [0.717, 1.165) is 37.6 Å². The molecule has 28 heavy (non-hydrogen) atoms. The average Bonchev–Trinajstić information content (AvgIpc) is 2.73. The van der Waals surface area contributed by atoms with Gasteiger partial charge in [-0.15, -0.1) is 0 Å². The predicted molar refractivity (Wildman–Crippen MR) is 110 cm³/mol. The first-order chi connectivity index (χ1) is 13.5. The molecular formula is C20H25N3O4S. The first kappa shape index (κ1) is 20.2. The van der Waals surface area contributed by atoms with Crippen LogP contribution in [0.2, 0.25) is 0 Å². The molecule has 1 N–H and O–H groups in total. The fraction of sp³-hybridized carbons (Fsp3) is 0.350. The number of hydrogen-bond acceptors (Lipinski definition) is 6. The summed E-state index contributed by atoms with van der Waals surface area (Å²) < 4.78 is 35.5. The van der Waals surface area contributed by atoms with E-state index in [1.807, 2.05) is 31.2 Å². The Bertz CT molecular complexity index is 903. The molecule has 3 rings (SSSR count). The normalized spacial score (nSPS) is 15.4. The maximum Gasteiger partial charge on any atom is 0.276 e. The number of sulfonamides is 1. The number of ether oxygens (including phenoxy) is 2. The van der Waals surface area contributed by atoms with Gasteiger partial charge < -0.3 is 14.4 Å². The number of benzene rings is 2. The third kappa shape index (κ3) is 5.02. The Morgan fingerprint density at radius 1 is 1.11 bits per heavy atom. The number of hydrogen-bond donors (Lipinski definition) is 1. The fourth-order valence-electron chi connectivity index (χ4n) is 2.86. The summed E-state index contributed by atoms with van der Waals surface area (Å²) in [7, 11) is -3.74. The number of anilines is 1. The second kappa shape index (κ2) is 9.07. The van der Waals surface area contributed by atoms with Crippen molar-refractivity contribution in [2.24, 2.45) is 5.10 Å². The van der Waals surface area contributed by atoms with Gasteiger partial charge in [0.15, 0.2) is 0 Å². The quantitative estimate of drug-likeness (QED) is 0.568. The minimum atomic E-state index is -3.74. The van der Waals surface area contributed by atoms with Crippen LogP contribution in [0, 0.1) is 0 Å². The topological polar surface area (TPSA) is 80.2 Å². The summed E-state index contributed by atoms with van der Waals surface area (Å²) in [4.78, 5) is 4.69. The van der Waals surface area contributed by atoms with Crippen LogP contribution in [0.4, 0.5) is 5.69 Å². The van der Waals surface area contributed by atoms with Crippen molar-refractivity contribution in [2.45, 2.75) is 18.7 Å². The molecule has 7 nitrogen and oxygen atoms in total. The molecule has 0 radical (unpaired) electrons. The molecule has 0 saturated carbocycles. The molecule has 1 heterocycles. The van der Waals surface area contributed by atoms with Gasteiger partial charge in [-0.25, -0.2) is 0 Å². The van der Waals surface area contributed by atoms with Crippen LogP contribution in [-0.4, -0.2) is 47.0 Å². The van der Waals surface area contributed by atoms with E-state index in [-0.39, 0.29) is 4.90 Å². The molecule has 0 atom stereocenters. The maximum atomic E-state index is 12.4. The van der Waals surface area contributed by atoms with Gasteiger partial charge in [0, 0.05) is 18.8 Å². The fourth-order valence-corrected chi connectivity index (χ4v) is 3.72. The molecule has 8 heteroatoms. The highest BCUT2D eigenvalue weighted by molar-refractivity contribution is 7.89. The zero-order valence-electron chi connectivity index (χ0n) is 16.1. The number of hydrazone groups is 1. The van der Waals surface area contributed by atoms with Crippen LogP contribution in [0.3, 0.4) is 0 Å². The van der Waals surface area contributed by atoms with E-state index in [4.69, 9.17) is 9.47 Å². The van der Waals surface area contributed by atoms with E-state index in [9.17, 15) is 8.42 Å². The van der Waals surface area contributed by atoms with E-state index in [1.54, 1.807) is 19.1 Å². The largest absolute Gasteiger partial charge is 0.494 e. The Morgan fingerprint density at radius 3 is 2.36 bits per heavy atom. The van der Waals surface area contributed by atoms with Crippen molar-refractivity contribution in [3.8, 4) is 5.75 Å². The van der Waals surface area contributed by atoms with Gasteiger partial charge in [-0.1, -0.05) is 12.1 Å². The molecule has 1 fully saturated rings. The van der Waals surface area contributed by atoms with E-state index in [0.29, 0.717) is 18.1 Å². The van der Waals surface area contributed by atoms with E-state index >= 15 is 0 Å². The van der Waals surface area contributed by atoms with E-state index in [2.05, 4.69) is 14.8 Å². The van der Waals surface area contributed by atoms with Crippen LogP contribution in [0.15, 0.2) is 58.5 Å².